The lowest BCUT2D eigenvalue weighted by Crippen LogP contribution is -2.49. The number of morpholine rings is 1. The number of nitro groups is 1. The fourth-order valence-electron chi connectivity index (χ4n) is 2.54. The van der Waals surface area contributed by atoms with Crippen LogP contribution in [0.5, 0.6) is 0 Å². The van der Waals surface area contributed by atoms with Crippen LogP contribution >= 0.6 is 0 Å². The van der Waals surface area contributed by atoms with Crippen molar-refractivity contribution in [3.8, 4) is 6.07 Å². The number of amides is 1. The number of benzene rings is 1. The van der Waals surface area contributed by atoms with E-state index in [9.17, 15) is 14.9 Å². The van der Waals surface area contributed by atoms with E-state index >= 15 is 0 Å². The van der Waals surface area contributed by atoms with Gasteiger partial charge in [0.05, 0.1) is 29.8 Å². The number of ether oxygens (including phenoxy) is 1. The Morgan fingerprint density at radius 2 is 2.08 bits per heavy atom. The highest BCUT2D eigenvalue weighted by Crippen LogP contribution is 2.27. The third-order valence-electron chi connectivity index (χ3n) is 3.89. The summed E-state index contributed by atoms with van der Waals surface area (Å²) in [7, 11) is 0. The number of carbonyl (C=O) groups is 1. The molecule has 1 aromatic carbocycles. The number of nitrogens with one attached hydrogen (secondary N) is 1. The van der Waals surface area contributed by atoms with Crippen molar-refractivity contribution in [2.24, 2.45) is 5.92 Å². The summed E-state index contributed by atoms with van der Waals surface area (Å²) in [5, 5.41) is 23.1. The van der Waals surface area contributed by atoms with Crippen molar-refractivity contribution in [3.05, 3.63) is 33.9 Å². The minimum Gasteiger partial charge on any atom is -0.378 e. The minimum atomic E-state index is -0.588. The standard InChI is InChI=1S/C16H20N4O4/c1-11(2)15(16(21)19-5-7-24-8-6-19)18-13-4-3-12(10-17)9-14(13)20(22)23/h3-4,9,11,15,18H,5-8H2,1-2H3. The van der Waals surface area contributed by atoms with E-state index in [1.807, 2.05) is 19.9 Å². The molecule has 0 bridgehead atoms. The molecule has 1 saturated heterocycles. The van der Waals surface area contributed by atoms with Gasteiger partial charge in [-0.25, -0.2) is 0 Å². The molecule has 1 fully saturated rings. The van der Waals surface area contributed by atoms with Crippen LogP contribution in [0.1, 0.15) is 19.4 Å². The van der Waals surface area contributed by atoms with Crippen molar-refractivity contribution in [1.82, 2.24) is 4.90 Å². The summed E-state index contributed by atoms with van der Waals surface area (Å²) in [6.07, 6.45) is 0. The minimum absolute atomic E-state index is 0.0596. The first-order valence-electron chi connectivity index (χ1n) is 7.75. The summed E-state index contributed by atoms with van der Waals surface area (Å²) in [6, 6.07) is 5.46. The normalized spacial score (nSPS) is 15.7. The van der Waals surface area contributed by atoms with Crippen LogP contribution in [0.3, 0.4) is 0 Å². The topological polar surface area (TPSA) is 108 Å². The number of anilines is 1. The summed E-state index contributed by atoms with van der Waals surface area (Å²) < 4.78 is 5.25. The zero-order valence-electron chi connectivity index (χ0n) is 13.7. The predicted octanol–water partition coefficient (Wildman–Crippen LogP) is 1.76. The van der Waals surface area contributed by atoms with E-state index in [2.05, 4.69) is 5.32 Å². The molecular formula is C16H20N4O4. The lowest BCUT2D eigenvalue weighted by atomic mass is 10.0. The maximum atomic E-state index is 12.7. The van der Waals surface area contributed by atoms with E-state index in [0.29, 0.717) is 26.3 Å². The molecule has 1 N–H and O–H groups in total. The van der Waals surface area contributed by atoms with E-state index in [1.54, 1.807) is 4.90 Å². The lowest BCUT2D eigenvalue weighted by molar-refractivity contribution is -0.384. The van der Waals surface area contributed by atoms with Crippen LogP contribution in [0.25, 0.3) is 0 Å². The largest absolute Gasteiger partial charge is 0.378 e. The third-order valence-corrected chi connectivity index (χ3v) is 3.89. The highest BCUT2D eigenvalue weighted by molar-refractivity contribution is 5.86. The Morgan fingerprint density at radius 3 is 2.62 bits per heavy atom. The Morgan fingerprint density at radius 1 is 1.42 bits per heavy atom. The summed E-state index contributed by atoms with van der Waals surface area (Å²) in [4.78, 5) is 25.1. The third kappa shape index (κ3) is 4.00. The van der Waals surface area contributed by atoms with E-state index in [1.165, 1.54) is 18.2 Å². The molecule has 24 heavy (non-hydrogen) atoms. The van der Waals surface area contributed by atoms with E-state index < -0.39 is 11.0 Å². The quantitative estimate of drug-likeness (QED) is 0.650. The van der Waals surface area contributed by atoms with E-state index in [0.717, 1.165) is 0 Å². The molecule has 1 aliphatic rings. The lowest BCUT2D eigenvalue weighted by Gasteiger charge is -2.32. The molecule has 8 nitrogen and oxygen atoms in total. The van der Waals surface area contributed by atoms with Crippen molar-refractivity contribution >= 4 is 17.3 Å². The number of nitriles is 1. The Balaban J connectivity index is 2.26. The van der Waals surface area contributed by atoms with Gasteiger partial charge in [0, 0.05) is 19.2 Å². The fraction of sp³-hybridized carbons (Fsp3) is 0.500. The Kier molecular flexibility index (Phi) is 5.71. The second kappa shape index (κ2) is 7.75. The van der Waals surface area contributed by atoms with Crippen molar-refractivity contribution in [2.45, 2.75) is 19.9 Å². The van der Waals surface area contributed by atoms with Crippen LogP contribution < -0.4 is 5.32 Å². The molecule has 1 aliphatic heterocycles. The van der Waals surface area contributed by atoms with Crippen molar-refractivity contribution in [3.63, 3.8) is 0 Å². The molecular weight excluding hydrogens is 312 g/mol. The second-order valence-corrected chi connectivity index (χ2v) is 5.90. The van der Waals surface area contributed by atoms with Crippen LogP contribution in [0.2, 0.25) is 0 Å². The maximum absolute atomic E-state index is 12.7. The summed E-state index contributed by atoms with van der Waals surface area (Å²) in [5.74, 6) is -0.164. The molecule has 128 valence electrons. The van der Waals surface area contributed by atoms with Crippen molar-refractivity contribution < 1.29 is 14.5 Å². The SMILES string of the molecule is CC(C)C(Nc1ccc(C#N)cc1[N+](=O)[O-])C(=O)N1CCOCC1. The summed E-state index contributed by atoms with van der Waals surface area (Å²) in [6.45, 7) is 5.77. The monoisotopic (exact) mass is 332 g/mol. The molecule has 0 spiro atoms. The van der Waals surface area contributed by atoms with Crippen LogP contribution in [-0.2, 0) is 9.53 Å². The summed E-state index contributed by atoms with van der Waals surface area (Å²) >= 11 is 0. The van der Waals surface area contributed by atoms with Gasteiger partial charge in [-0.2, -0.15) is 5.26 Å². The van der Waals surface area contributed by atoms with Crippen LogP contribution in [0, 0.1) is 27.4 Å². The average molecular weight is 332 g/mol. The molecule has 0 aromatic heterocycles. The molecule has 8 heteroatoms. The van der Waals surface area contributed by atoms with Gasteiger partial charge in [-0.15, -0.1) is 0 Å². The molecule has 0 saturated carbocycles. The van der Waals surface area contributed by atoms with E-state index in [4.69, 9.17) is 10.00 Å². The van der Waals surface area contributed by atoms with Gasteiger partial charge in [-0.05, 0) is 18.1 Å². The Labute approximate surface area is 140 Å². The van der Waals surface area contributed by atoms with Crippen molar-refractivity contribution in [2.75, 3.05) is 31.6 Å². The number of hydrogen-bond acceptors (Lipinski definition) is 6. The van der Waals surface area contributed by atoms with E-state index in [-0.39, 0.29) is 28.8 Å². The van der Waals surface area contributed by atoms with Crippen LogP contribution in [0.15, 0.2) is 18.2 Å². The molecule has 1 unspecified atom stereocenters. The van der Waals surface area contributed by atoms with Gasteiger partial charge in [-0.1, -0.05) is 13.8 Å². The smallest absolute Gasteiger partial charge is 0.293 e. The molecule has 2 rings (SSSR count). The first-order chi connectivity index (χ1) is 11.4. The Bertz CT molecular complexity index is 663. The first kappa shape index (κ1) is 17.7. The zero-order chi connectivity index (χ0) is 17.7. The first-order valence-corrected chi connectivity index (χ1v) is 7.75. The van der Waals surface area contributed by atoms with Gasteiger partial charge in [0.2, 0.25) is 5.91 Å². The van der Waals surface area contributed by atoms with Gasteiger partial charge in [0.1, 0.15) is 11.7 Å². The number of rotatable bonds is 5. The molecule has 1 atom stereocenters. The highest BCUT2D eigenvalue weighted by Gasteiger charge is 2.30. The fourth-order valence-corrected chi connectivity index (χ4v) is 2.54. The van der Waals surface area contributed by atoms with Crippen LogP contribution in [0.4, 0.5) is 11.4 Å². The molecule has 0 aliphatic carbocycles. The molecule has 1 amide bonds. The van der Waals surface area contributed by atoms with Gasteiger partial charge in [0.25, 0.3) is 5.69 Å². The highest BCUT2D eigenvalue weighted by atomic mass is 16.6. The van der Waals surface area contributed by atoms with Crippen molar-refractivity contribution in [1.29, 1.82) is 5.26 Å². The zero-order valence-corrected chi connectivity index (χ0v) is 13.7. The average Bonchev–Trinajstić information content (AvgIpc) is 2.59. The van der Waals surface area contributed by atoms with Gasteiger partial charge >= 0.3 is 0 Å². The molecule has 1 heterocycles. The van der Waals surface area contributed by atoms with Gasteiger partial charge < -0.3 is 15.0 Å². The molecule has 0 radical (unpaired) electrons. The number of carbonyl (C=O) groups excluding carboxylic acids is 1. The van der Waals surface area contributed by atoms with Gasteiger partial charge in [-0.3, -0.25) is 14.9 Å². The van der Waals surface area contributed by atoms with Gasteiger partial charge in [0.15, 0.2) is 0 Å². The second-order valence-electron chi connectivity index (χ2n) is 5.90. The van der Waals surface area contributed by atoms with Crippen LogP contribution in [-0.4, -0.2) is 48.1 Å². The Hall–Kier alpha value is -2.66. The number of hydrogen-bond donors (Lipinski definition) is 1. The number of nitro benzene ring substituents is 1. The predicted molar refractivity (Wildman–Crippen MR) is 87.5 cm³/mol. The summed E-state index contributed by atoms with van der Waals surface area (Å²) in [5.41, 5.74) is 0.224. The number of nitrogens with zero attached hydrogens (tertiary/aromatic N) is 3. The maximum Gasteiger partial charge on any atom is 0.293 e. The molecule has 1 aromatic rings.